The molecule has 1 aromatic heterocycles. The van der Waals surface area contributed by atoms with Gasteiger partial charge in [-0.05, 0) is 12.1 Å². The highest BCUT2D eigenvalue weighted by Gasteiger charge is 2.14. The van der Waals surface area contributed by atoms with E-state index < -0.39 is 0 Å². The van der Waals surface area contributed by atoms with Gasteiger partial charge in [-0.3, -0.25) is 4.98 Å². The zero-order valence-corrected chi connectivity index (χ0v) is 9.32. The van der Waals surface area contributed by atoms with E-state index in [0.717, 1.165) is 32.7 Å². The minimum atomic E-state index is 0.532. The molecular formula is C12H19N3. The number of rotatable bonds is 3. The minimum Gasteiger partial charge on any atom is -0.314 e. The van der Waals surface area contributed by atoms with Gasteiger partial charge in [0.2, 0.25) is 0 Å². The maximum Gasteiger partial charge on any atom is 0.0444 e. The largest absolute Gasteiger partial charge is 0.314 e. The van der Waals surface area contributed by atoms with E-state index in [1.165, 1.54) is 5.69 Å². The van der Waals surface area contributed by atoms with Gasteiger partial charge >= 0.3 is 0 Å². The Bertz CT molecular complexity index is 280. The average Bonchev–Trinajstić information content (AvgIpc) is 2.31. The Hall–Kier alpha value is -0.930. The van der Waals surface area contributed by atoms with E-state index in [2.05, 4.69) is 34.3 Å². The molecule has 0 bridgehead atoms. The molecule has 1 N–H and O–H groups in total. The highest BCUT2D eigenvalue weighted by Crippen LogP contribution is 2.13. The van der Waals surface area contributed by atoms with E-state index in [4.69, 9.17) is 0 Å². The van der Waals surface area contributed by atoms with Crippen LogP contribution in [0.3, 0.4) is 0 Å². The zero-order valence-electron chi connectivity index (χ0n) is 9.32. The first-order chi connectivity index (χ1) is 7.36. The average molecular weight is 205 g/mol. The lowest BCUT2D eigenvalue weighted by atomic mass is 10.1. The molecule has 2 rings (SSSR count). The Kier molecular flexibility index (Phi) is 3.69. The molecule has 3 nitrogen and oxygen atoms in total. The van der Waals surface area contributed by atoms with Gasteiger partial charge in [-0.15, -0.1) is 0 Å². The van der Waals surface area contributed by atoms with Crippen molar-refractivity contribution in [1.82, 2.24) is 15.2 Å². The Morgan fingerprint density at radius 2 is 2.20 bits per heavy atom. The number of nitrogens with zero attached hydrogens (tertiary/aromatic N) is 2. The molecule has 1 aliphatic rings. The van der Waals surface area contributed by atoms with Crippen molar-refractivity contribution in [1.29, 1.82) is 0 Å². The molecule has 0 aliphatic carbocycles. The third kappa shape index (κ3) is 3.01. The van der Waals surface area contributed by atoms with Crippen LogP contribution in [0.15, 0.2) is 24.4 Å². The molecule has 0 saturated carbocycles. The molecule has 1 atom stereocenters. The fourth-order valence-electron chi connectivity index (χ4n) is 2.04. The first kappa shape index (κ1) is 10.6. The lowest BCUT2D eigenvalue weighted by molar-refractivity contribution is 0.229. The van der Waals surface area contributed by atoms with Crippen LogP contribution in [0, 0.1) is 0 Å². The van der Waals surface area contributed by atoms with Gasteiger partial charge in [-0.25, -0.2) is 0 Å². The fraction of sp³-hybridized carbons (Fsp3) is 0.583. The van der Waals surface area contributed by atoms with Gasteiger partial charge in [-0.2, -0.15) is 0 Å². The van der Waals surface area contributed by atoms with Gasteiger partial charge in [0.15, 0.2) is 0 Å². The van der Waals surface area contributed by atoms with Crippen LogP contribution in [0.25, 0.3) is 0 Å². The molecule has 0 amide bonds. The van der Waals surface area contributed by atoms with Gasteiger partial charge in [0.1, 0.15) is 0 Å². The summed E-state index contributed by atoms with van der Waals surface area (Å²) >= 11 is 0. The number of piperazine rings is 1. The Morgan fingerprint density at radius 3 is 2.87 bits per heavy atom. The van der Waals surface area contributed by atoms with Crippen molar-refractivity contribution in [2.75, 3.05) is 32.7 Å². The van der Waals surface area contributed by atoms with Crippen LogP contribution < -0.4 is 5.32 Å². The van der Waals surface area contributed by atoms with Gasteiger partial charge in [0, 0.05) is 50.5 Å². The maximum absolute atomic E-state index is 4.40. The van der Waals surface area contributed by atoms with Crippen molar-refractivity contribution in [3.05, 3.63) is 30.1 Å². The third-order valence-electron chi connectivity index (χ3n) is 2.93. The molecule has 3 heteroatoms. The Morgan fingerprint density at radius 1 is 1.40 bits per heavy atom. The predicted octanol–water partition coefficient (Wildman–Crippen LogP) is 1.09. The number of nitrogens with one attached hydrogen (secondary N) is 1. The molecular weight excluding hydrogens is 186 g/mol. The van der Waals surface area contributed by atoms with E-state index in [0.29, 0.717) is 5.92 Å². The van der Waals surface area contributed by atoms with Crippen molar-refractivity contribution in [2.24, 2.45) is 0 Å². The number of hydrogen-bond donors (Lipinski definition) is 1. The molecule has 2 heterocycles. The van der Waals surface area contributed by atoms with Gasteiger partial charge in [-0.1, -0.05) is 13.0 Å². The summed E-state index contributed by atoms with van der Waals surface area (Å²) in [6.07, 6.45) is 1.88. The van der Waals surface area contributed by atoms with E-state index >= 15 is 0 Å². The molecule has 1 aliphatic heterocycles. The Balaban J connectivity index is 1.88. The highest BCUT2D eigenvalue weighted by atomic mass is 15.2. The molecule has 1 saturated heterocycles. The van der Waals surface area contributed by atoms with Crippen LogP contribution >= 0.6 is 0 Å². The summed E-state index contributed by atoms with van der Waals surface area (Å²) in [4.78, 5) is 6.91. The first-order valence-electron chi connectivity index (χ1n) is 5.70. The Labute approximate surface area is 91.5 Å². The van der Waals surface area contributed by atoms with E-state index in [1.807, 2.05) is 12.3 Å². The summed E-state index contributed by atoms with van der Waals surface area (Å²) in [7, 11) is 0. The summed E-state index contributed by atoms with van der Waals surface area (Å²) in [5.41, 5.74) is 1.20. The van der Waals surface area contributed by atoms with Crippen molar-refractivity contribution in [2.45, 2.75) is 12.8 Å². The molecule has 1 aromatic rings. The van der Waals surface area contributed by atoms with Crippen LogP contribution in [-0.2, 0) is 0 Å². The smallest absolute Gasteiger partial charge is 0.0444 e. The molecule has 0 radical (unpaired) electrons. The van der Waals surface area contributed by atoms with Crippen LogP contribution in [0.5, 0.6) is 0 Å². The molecule has 0 unspecified atom stereocenters. The summed E-state index contributed by atoms with van der Waals surface area (Å²) in [5.74, 6) is 0.532. The van der Waals surface area contributed by atoms with Crippen LogP contribution in [0.1, 0.15) is 18.5 Å². The van der Waals surface area contributed by atoms with Crippen molar-refractivity contribution in [3.8, 4) is 0 Å². The minimum absolute atomic E-state index is 0.532. The molecule has 0 spiro atoms. The molecule has 15 heavy (non-hydrogen) atoms. The summed E-state index contributed by atoms with van der Waals surface area (Å²) in [6.45, 7) is 7.95. The molecule has 1 fully saturated rings. The number of pyridine rings is 1. The van der Waals surface area contributed by atoms with Crippen molar-refractivity contribution >= 4 is 0 Å². The summed E-state index contributed by atoms with van der Waals surface area (Å²) < 4.78 is 0. The standard InChI is InChI=1S/C12H19N3/c1-11(12-4-2-3-5-14-12)10-15-8-6-13-7-9-15/h2-5,11,13H,6-10H2,1H3/t11-/m0/s1. The molecule has 0 aromatic carbocycles. The van der Waals surface area contributed by atoms with Gasteiger partial charge in [0.25, 0.3) is 0 Å². The predicted molar refractivity (Wildman–Crippen MR) is 62.0 cm³/mol. The van der Waals surface area contributed by atoms with Crippen LogP contribution in [0.4, 0.5) is 0 Å². The second-order valence-electron chi connectivity index (χ2n) is 4.21. The number of hydrogen-bond acceptors (Lipinski definition) is 3. The summed E-state index contributed by atoms with van der Waals surface area (Å²) in [5, 5.41) is 3.37. The van der Waals surface area contributed by atoms with Crippen molar-refractivity contribution < 1.29 is 0 Å². The molecule has 82 valence electrons. The topological polar surface area (TPSA) is 28.2 Å². The third-order valence-corrected chi connectivity index (χ3v) is 2.93. The summed E-state index contributed by atoms with van der Waals surface area (Å²) in [6, 6.07) is 6.16. The number of aromatic nitrogens is 1. The lowest BCUT2D eigenvalue weighted by Crippen LogP contribution is -2.44. The second-order valence-corrected chi connectivity index (χ2v) is 4.21. The maximum atomic E-state index is 4.40. The second kappa shape index (κ2) is 5.24. The van der Waals surface area contributed by atoms with Crippen LogP contribution in [0.2, 0.25) is 0 Å². The first-order valence-corrected chi connectivity index (χ1v) is 5.70. The van der Waals surface area contributed by atoms with Crippen LogP contribution in [-0.4, -0.2) is 42.6 Å². The quantitative estimate of drug-likeness (QED) is 0.800. The van der Waals surface area contributed by atoms with Crippen molar-refractivity contribution in [3.63, 3.8) is 0 Å². The van der Waals surface area contributed by atoms with Gasteiger partial charge in [0.05, 0.1) is 0 Å². The SMILES string of the molecule is C[C@@H](CN1CCNCC1)c1ccccn1. The normalized spacial score (nSPS) is 20.1. The van der Waals surface area contributed by atoms with E-state index in [1.54, 1.807) is 0 Å². The lowest BCUT2D eigenvalue weighted by Gasteiger charge is -2.29. The monoisotopic (exact) mass is 205 g/mol. The zero-order chi connectivity index (χ0) is 10.5. The van der Waals surface area contributed by atoms with E-state index in [9.17, 15) is 0 Å². The highest BCUT2D eigenvalue weighted by molar-refractivity contribution is 5.08. The van der Waals surface area contributed by atoms with E-state index in [-0.39, 0.29) is 0 Å². The fourth-order valence-corrected chi connectivity index (χ4v) is 2.04. The van der Waals surface area contributed by atoms with Gasteiger partial charge < -0.3 is 10.2 Å².